The highest BCUT2D eigenvalue weighted by Gasteiger charge is 2.37. The van der Waals surface area contributed by atoms with Crippen molar-refractivity contribution in [2.75, 3.05) is 7.11 Å². The number of carbonyl (C=O) groups is 1. The summed E-state index contributed by atoms with van der Waals surface area (Å²) < 4.78 is 4.74. The molecule has 1 atom stereocenters. The van der Waals surface area contributed by atoms with Crippen molar-refractivity contribution in [3.8, 4) is 0 Å². The lowest BCUT2D eigenvalue weighted by Gasteiger charge is -2.26. The van der Waals surface area contributed by atoms with Crippen LogP contribution in [0.2, 0.25) is 0 Å². The number of halogens is 1. The number of hydrogen-bond donors (Lipinski definition) is 0. The monoisotopic (exact) mass is 262 g/mol. The molecule has 0 radical (unpaired) electrons. The highest BCUT2D eigenvalue weighted by molar-refractivity contribution is 6.36. The van der Waals surface area contributed by atoms with Crippen molar-refractivity contribution in [3.63, 3.8) is 0 Å². The number of methoxy groups -OCH3 is 1. The molecule has 3 heteroatoms. The van der Waals surface area contributed by atoms with Gasteiger partial charge < -0.3 is 4.74 Å². The van der Waals surface area contributed by atoms with E-state index in [0.29, 0.717) is 6.42 Å². The number of alkyl halides is 1. The topological polar surface area (TPSA) is 26.3 Å². The fourth-order valence-electron chi connectivity index (χ4n) is 2.17. The Morgan fingerprint density at radius 2 is 2.00 bits per heavy atom. The van der Waals surface area contributed by atoms with Gasteiger partial charge in [0.05, 0.1) is 7.11 Å². The Bertz CT molecular complexity index is 517. The average Bonchev–Trinajstić information content (AvgIpc) is 2.39. The van der Waals surface area contributed by atoms with E-state index in [4.69, 9.17) is 16.3 Å². The molecular weight excluding hydrogens is 248 g/mol. The van der Waals surface area contributed by atoms with Gasteiger partial charge in [0.2, 0.25) is 0 Å². The van der Waals surface area contributed by atoms with E-state index in [1.165, 1.54) is 7.11 Å². The predicted molar refractivity (Wildman–Crippen MR) is 73.4 cm³/mol. The van der Waals surface area contributed by atoms with Gasteiger partial charge in [-0.25, -0.2) is 4.79 Å². The third-order valence-electron chi connectivity index (χ3n) is 3.11. The Morgan fingerprint density at radius 3 is 2.56 bits per heavy atom. The SMILES string of the molecule is COC(=O)C1(Cl)C=CC(c2ccccc2)=C(C)C1. The van der Waals surface area contributed by atoms with E-state index in [9.17, 15) is 4.79 Å². The molecule has 1 aliphatic rings. The molecule has 1 unspecified atom stereocenters. The lowest BCUT2D eigenvalue weighted by atomic mass is 9.87. The van der Waals surface area contributed by atoms with Crippen LogP contribution in [0.25, 0.3) is 5.57 Å². The van der Waals surface area contributed by atoms with Crippen LogP contribution in [-0.2, 0) is 9.53 Å². The first-order valence-electron chi connectivity index (χ1n) is 5.78. The first-order chi connectivity index (χ1) is 8.57. The average molecular weight is 263 g/mol. The maximum absolute atomic E-state index is 11.6. The zero-order valence-electron chi connectivity index (χ0n) is 10.4. The largest absolute Gasteiger partial charge is 0.467 e. The molecule has 0 heterocycles. The minimum atomic E-state index is -1.06. The van der Waals surface area contributed by atoms with E-state index in [2.05, 4.69) is 0 Å². The number of ether oxygens (including phenoxy) is 1. The molecule has 0 spiro atoms. The van der Waals surface area contributed by atoms with Crippen LogP contribution >= 0.6 is 11.6 Å². The predicted octanol–water partition coefficient (Wildman–Crippen LogP) is 3.57. The van der Waals surface area contributed by atoms with Gasteiger partial charge in [-0.3, -0.25) is 0 Å². The maximum Gasteiger partial charge on any atom is 0.331 e. The van der Waals surface area contributed by atoms with Gasteiger partial charge in [-0.2, -0.15) is 0 Å². The molecule has 2 nitrogen and oxygen atoms in total. The number of hydrogen-bond acceptors (Lipinski definition) is 2. The van der Waals surface area contributed by atoms with Crippen molar-refractivity contribution < 1.29 is 9.53 Å². The van der Waals surface area contributed by atoms with Crippen molar-refractivity contribution in [2.24, 2.45) is 0 Å². The van der Waals surface area contributed by atoms with Gasteiger partial charge in [-0.05, 0) is 18.1 Å². The highest BCUT2D eigenvalue weighted by atomic mass is 35.5. The summed E-state index contributed by atoms with van der Waals surface area (Å²) in [6.07, 6.45) is 4.09. The quantitative estimate of drug-likeness (QED) is 0.602. The van der Waals surface area contributed by atoms with Crippen LogP contribution < -0.4 is 0 Å². The van der Waals surface area contributed by atoms with E-state index in [-0.39, 0.29) is 0 Å². The molecule has 0 fully saturated rings. The summed E-state index contributed by atoms with van der Waals surface area (Å²) in [5.74, 6) is -0.410. The zero-order chi connectivity index (χ0) is 13.2. The minimum absolute atomic E-state index is 0.410. The fourth-order valence-corrected chi connectivity index (χ4v) is 2.51. The molecule has 0 bridgehead atoms. The van der Waals surface area contributed by atoms with Crippen LogP contribution in [0.5, 0.6) is 0 Å². The maximum atomic E-state index is 11.6. The lowest BCUT2D eigenvalue weighted by Crippen LogP contribution is -2.33. The second-order valence-corrected chi connectivity index (χ2v) is 5.10. The third-order valence-corrected chi connectivity index (χ3v) is 3.52. The molecule has 0 aliphatic heterocycles. The first kappa shape index (κ1) is 12.9. The summed E-state index contributed by atoms with van der Waals surface area (Å²) in [6, 6.07) is 10.1. The van der Waals surface area contributed by atoms with Gasteiger partial charge in [0, 0.05) is 6.42 Å². The number of rotatable bonds is 2. The Hall–Kier alpha value is -1.54. The Labute approximate surface area is 112 Å². The van der Waals surface area contributed by atoms with Crippen molar-refractivity contribution in [3.05, 3.63) is 53.6 Å². The van der Waals surface area contributed by atoms with E-state index >= 15 is 0 Å². The van der Waals surface area contributed by atoms with Gasteiger partial charge in [0.1, 0.15) is 0 Å². The molecule has 1 aromatic rings. The van der Waals surface area contributed by atoms with Crippen LogP contribution in [-0.4, -0.2) is 18.0 Å². The van der Waals surface area contributed by atoms with Crippen molar-refractivity contribution in [1.82, 2.24) is 0 Å². The van der Waals surface area contributed by atoms with Gasteiger partial charge in [-0.15, -0.1) is 11.6 Å². The van der Waals surface area contributed by atoms with E-state index in [1.807, 2.05) is 43.3 Å². The molecule has 1 aromatic carbocycles. The summed E-state index contributed by atoms with van der Waals surface area (Å²) in [4.78, 5) is 10.6. The standard InChI is InChI=1S/C15H15ClO2/c1-11-10-15(16,14(17)18-2)9-8-13(11)12-6-4-3-5-7-12/h3-9H,10H2,1-2H3. The molecule has 0 saturated heterocycles. The number of allylic oxidation sites excluding steroid dienone is 3. The molecule has 0 amide bonds. The molecule has 0 saturated carbocycles. The second kappa shape index (κ2) is 4.99. The Kier molecular flexibility index (Phi) is 3.58. The van der Waals surface area contributed by atoms with Gasteiger partial charge in [-0.1, -0.05) is 48.1 Å². The van der Waals surface area contributed by atoms with Crippen LogP contribution in [0.4, 0.5) is 0 Å². The molecule has 0 aromatic heterocycles. The van der Waals surface area contributed by atoms with E-state index < -0.39 is 10.8 Å². The highest BCUT2D eigenvalue weighted by Crippen LogP contribution is 2.36. The normalized spacial score (nSPS) is 23.1. The number of carbonyl (C=O) groups excluding carboxylic acids is 1. The van der Waals surface area contributed by atoms with Gasteiger partial charge >= 0.3 is 5.97 Å². The smallest absolute Gasteiger partial charge is 0.331 e. The fraction of sp³-hybridized carbons (Fsp3) is 0.267. The van der Waals surface area contributed by atoms with Gasteiger partial charge in [0.25, 0.3) is 0 Å². The summed E-state index contributed by atoms with van der Waals surface area (Å²) in [7, 11) is 1.35. The van der Waals surface area contributed by atoms with Crippen LogP contribution in [0, 0.1) is 0 Å². The number of esters is 1. The van der Waals surface area contributed by atoms with Crippen LogP contribution in [0.1, 0.15) is 18.9 Å². The molecular formula is C15H15ClO2. The molecule has 94 valence electrons. The summed E-state index contributed by atoms with van der Waals surface area (Å²) >= 11 is 6.28. The third kappa shape index (κ3) is 2.34. The van der Waals surface area contributed by atoms with Crippen LogP contribution in [0.3, 0.4) is 0 Å². The summed E-state index contributed by atoms with van der Waals surface area (Å²) in [6.45, 7) is 1.99. The zero-order valence-corrected chi connectivity index (χ0v) is 11.2. The van der Waals surface area contributed by atoms with Crippen molar-refractivity contribution in [1.29, 1.82) is 0 Å². The van der Waals surface area contributed by atoms with Crippen LogP contribution in [0.15, 0.2) is 48.1 Å². The minimum Gasteiger partial charge on any atom is -0.467 e. The van der Waals surface area contributed by atoms with E-state index in [0.717, 1.165) is 16.7 Å². The molecule has 0 N–H and O–H groups in total. The van der Waals surface area contributed by atoms with E-state index in [1.54, 1.807) is 6.08 Å². The lowest BCUT2D eigenvalue weighted by molar-refractivity contribution is -0.142. The molecule has 18 heavy (non-hydrogen) atoms. The van der Waals surface area contributed by atoms with Crippen molar-refractivity contribution in [2.45, 2.75) is 18.2 Å². The van der Waals surface area contributed by atoms with Crippen molar-refractivity contribution >= 4 is 23.1 Å². The molecule has 2 rings (SSSR count). The number of benzene rings is 1. The summed E-state index contributed by atoms with van der Waals surface area (Å²) in [5.41, 5.74) is 3.34. The Balaban J connectivity index is 2.32. The second-order valence-electron chi connectivity index (χ2n) is 4.42. The first-order valence-corrected chi connectivity index (χ1v) is 6.16. The Morgan fingerprint density at radius 1 is 1.33 bits per heavy atom. The summed E-state index contributed by atoms with van der Waals surface area (Å²) in [5, 5.41) is 0. The molecule has 1 aliphatic carbocycles. The van der Waals surface area contributed by atoms with Gasteiger partial charge in [0.15, 0.2) is 4.87 Å².